The van der Waals surface area contributed by atoms with E-state index in [2.05, 4.69) is 66.7 Å². The van der Waals surface area contributed by atoms with Crippen LogP contribution in [-0.4, -0.2) is 14.6 Å². The molecule has 0 bridgehead atoms. The fourth-order valence-electron chi connectivity index (χ4n) is 1.50. The summed E-state index contributed by atoms with van der Waals surface area (Å²) in [7, 11) is 0. The zero-order valence-electron chi connectivity index (χ0n) is 10.3. The predicted molar refractivity (Wildman–Crippen MR) is 68.9 cm³/mol. The Morgan fingerprint density at radius 2 is 1.88 bits per heavy atom. The molecular weight excluding hydrogens is 266 g/mol. The smallest absolute Gasteiger partial charge is 0.157 e. The second-order valence-electron chi connectivity index (χ2n) is 5.20. The van der Waals surface area contributed by atoms with Crippen molar-refractivity contribution in [3.8, 4) is 0 Å². The lowest BCUT2D eigenvalue weighted by molar-refractivity contribution is 0.544. The number of hydrogen-bond acceptors (Lipinski definition) is 2. The van der Waals surface area contributed by atoms with Crippen molar-refractivity contribution in [2.75, 3.05) is 0 Å². The van der Waals surface area contributed by atoms with Crippen LogP contribution in [0.15, 0.2) is 10.7 Å². The van der Waals surface area contributed by atoms with E-state index >= 15 is 0 Å². The van der Waals surface area contributed by atoms with Gasteiger partial charge in [-0.05, 0) is 47.0 Å². The minimum Gasteiger partial charge on any atom is -0.211 e. The van der Waals surface area contributed by atoms with Gasteiger partial charge in [0.1, 0.15) is 4.60 Å². The van der Waals surface area contributed by atoms with Gasteiger partial charge in [0.25, 0.3) is 0 Å². The molecule has 0 aliphatic heterocycles. The van der Waals surface area contributed by atoms with Crippen molar-refractivity contribution in [1.29, 1.82) is 0 Å². The Kier molecular flexibility index (Phi) is 2.57. The van der Waals surface area contributed by atoms with E-state index in [9.17, 15) is 0 Å². The van der Waals surface area contributed by atoms with Crippen molar-refractivity contribution in [3.63, 3.8) is 0 Å². The standard InChI is InChI=1S/C12H16BrN3/c1-7-6-9-14-11(12(3,4)5)15-16(9)10(13)8(7)2/h6H,1-5H3. The fourth-order valence-corrected chi connectivity index (χ4v) is 2.08. The third kappa shape index (κ3) is 1.75. The number of hydrogen-bond donors (Lipinski definition) is 0. The number of aryl methyl sites for hydroxylation is 1. The lowest BCUT2D eigenvalue weighted by Gasteiger charge is -2.11. The summed E-state index contributed by atoms with van der Waals surface area (Å²) in [5.74, 6) is 0.873. The Morgan fingerprint density at radius 1 is 1.25 bits per heavy atom. The van der Waals surface area contributed by atoms with Crippen LogP contribution in [0.25, 0.3) is 5.65 Å². The molecule has 4 heteroatoms. The first-order chi connectivity index (χ1) is 7.30. The summed E-state index contributed by atoms with van der Waals surface area (Å²) in [6.45, 7) is 10.5. The van der Waals surface area contributed by atoms with E-state index in [0.717, 1.165) is 16.1 Å². The van der Waals surface area contributed by atoms with Gasteiger partial charge in [-0.25, -0.2) is 9.50 Å². The highest BCUT2D eigenvalue weighted by molar-refractivity contribution is 9.10. The topological polar surface area (TPSA) is 30.2 Å². The van der Waals surface area contributed by atoms with E-state index in [4.69, 9.17) is 0 Å². The highest BCUT2D eigenvalue weighted by Crippen LogP contribution is 2.24. The van der Waals surface area contributed by atoms with Gasteiger partial charge < -0.3 is 0 Å². The average Bonchev–Trinajstić information content (AvgIpc) is 2.57. The van der Waals surface area contributed by atoms with Crippen LogP contribution in [-0.2, 0) is 5.41 Å². The average molecular weight is 282 g/mol. The summed E-state index contributed by atoms with van der Waals surface area (Å²) in [6.07, 6.45) is 0. The van der Waals surface area contributed by atoms with E-state index in [1.165, 1.54) is 11.1 Å². The second kappa shape index (κ2) is 3.55. The lowest BCUT2D eigenvalue weighted by atomic mass is 9.96. The van der Waals surface area contributed by atoms with Gasteiger partial charge in [0.15, 0.2) is 11.5 Å². The van der Waals surface area contributed by atoms with Crippen LogP contribution in [0.3, 0.4) is 0 Å². The zero-order chi connectivity index (χ0) is 12.1. The zero-order valence-corrected chi connectivity index (χ0v) is 11.9. The fraction of sp³-hybridized carbons (Fsp3) is 0.500. The van der Waals surface area contributed by atoms with E-state index in [0.29, 0.717) is 0 Å². The van der Waals surface area contributed by atoms with Crippen LogP contribution < -0.4 is 0 Å². The maximum absolute atomic E-state index is 4.57. The summed E-state index contributed by atoms with van der Waals surface area (Å²) in [4.78, 5) is 4.57. The summed E-state index contributed by atoms with van der Waals surface area (Å²) in [5.41, 5.74) is 3.32. The van der Waals surface area contributed by atoms with Crippen LogP contribution in [0, 0.1) is 13.8 Å². The van der Waals surface area contributed by atoms with Crippen LogP contribution in [0.4, 0.5) is 0 Å². The highest BCUT2D eigenvalue weighted by Gasteiger charge is 2.20. The predicted octanol–water partition coefficient (Wildman–Crippen LogP) is 3.41. The minimum absolute atomic E-state index is 0.0206. The molecule has 0 saturated heterocycles. The van der Waals surface area contributed by atoms with Crippen LogP contribution in [0.2, 0.25) is 0 Å². The van der Waals surface area contributed by atoms with Gasteiger partial charge in [-0.2, -0.15) is 0 Å². The van der Waals surface area contributed by atoms with Gasteiger partial charge in [-0.1, -0.05) is 20.8 Å². The first-order valence-electron chi connectivity index (χ1n) is 5.33. The molecule has 0 spiro atoms. The molecule has 2 rings (SSSR count). The van der Waals surface area contributed by atoms with Crippen molar-refractivity contribution >= 4 is 21.6 Å². The van der Waals surface area contributed by atoms with Crippen LogP contribution >= 0.6 is 15.9 Å². The maximum Gasteiger partial charge on any atom is 0.157 e. The maximum atomic E-state index is 4.57. The van der Waals surface area contributed by atoms with Gasteiger partial charge in [0.05, 0.1) is 0 Å². The molecule has 16 heavy (non-hydrogen) atoms. The summed E-state index contributed by atoms with van der Waals surface area (Å²) >= 11 is 3.57. The normalized spacial score (nSPS) is 12.4. The molecule has 3 nitrogen and oxygen atoms in total. The third-order valence-electron chi connectivity index (χ3n) is 2.74. The minimum atomic E-state index is -0.0206. The van der Waals surface area contributed by atoms with Gasteiger partial charge in [0.2, 0.25) is 0 Å². The largest absolute Gasteiger partial charge is 0.211 e. The molecule has 0 N–H and O–H groups in total. The van der Waals surface area contributed by atoms with Crippen LogP contribution in [0.1, 0.15) is 37.7 Å². The van der Waals surface area contributed by atoms with Crippen molar-refractivity contribution in [2.24, 2.45) is 0 Å². The molecular formula is C12H16BrN3. The summed E-state index contributed by atoms with van der Waals surface area (Å²) in [5, 5.41) is 4.54. The molecule has 2 heterocycles. The Labute approximate surface area is 104 Å². The molecule has 0 aliphatic rings. The van der Waals surface area contributed by atoms with Gasteiger partial charge in [-0.15, -0.1) is 5.10 Å². The van der Waals surface area contributed by atoms with Crippen molar-refractivity contribution in [3.05, 3.63) is 27.6 Å². The number of nitrogens with zero attached hydrogens (tertiary/aromatic N) is 3. The SMILES string of the molecule is Cc1cc2nc(C(C)(C)C)nn2c(Br)c1C. The monoisotopic (exact) mass is 281 g/mol. The lowest BCUT2D eigenvalue weighted by Crippen LogP contribution is -2.13. The first kappa shape index (κ1) is 11.6. The second-order valence-corrected chi connectivity index (χ2v) is 5.95. The van der Waals surface area contributed by atoms with Crippen LogP contribution in [0.5, 0.6) is 0 Å². The van der Waals surface area contributed by atoms with Gasteiger partial charge in [0, 0.05) is 5.41 Å². The first-order valence-corrected chi connectivity index (χ1v) is 6.13. The number of aromatic nitrogens is 3. The molecule has 0 unspecified atom stereocenters. The summed E-state index contributed by atoms with van der Waals surface area (Å²) < 4.78 is 2.86. The molecule has 0 fully saturated rings. The molecule has 0 aromatic carbocycles. The number of pyridine rings is 1. The Morgan fingerprint density at radius 3 is 2.44 bits per heavy atom. The molecule has 0 amide bonds. The Balaban J connectivity index is 2.77. The quantitative estimate of drug-likeness (QED) is 0.693. The Hall–Kier alpha value is -0.900. The number of halogens is 1. The van der Waals surface area contributed by atoms with Gasteiger partial charge in [-0.3, -0.25) is 0 Å². The third-order valence-corrected chi connectivity index (χ3v) is 3.67. The van der Waals surface area contributed by atoms with Crippen molar-refractivity contribution < 1.29 is 0 Å². The summed E-state index contributed by atoms with van der Waals surface area (Å²) in [6, 6.07) is 2.07. The number of rotatable bonds is 0. The van der Waals surface area contributed by atoms with E-state index < -0.39 is 0 Å². The molecule has 0 atom stereocenters. The molecule has 0 saturated carbocycles. The molecule has 2 aromatic heterocycles. The number of fused-ring (bicyclic) bond motifs is 1. The van der Waals surface area contributed by atoms with Crippen molar-refractivity contribution in [2.45, 2.75) is 40.0 Å². The van der Waals surface area contributed by atoms with E-state index in [-0.39, 0.29) is 5.41 Å². The molecule has 0 aliphatic carbocycles. The molecule has 0 radical (unpaired) electrons. The molecule has 86 valence electrons. The van der Waals surface area contributed by atoms with E-state index in [1.54, 1.807) is 0 Å². The van der Waals surface area contributed by atoms with E-state index in [1.807, 2.05) is 4.52 Å². The van der Waals surface area contributed by atoms with Gasteiger partial charge >= 0.3 is 0 Å². The Bertz CT molecular complexity index is 549. The highest BCUT2D eigenvalue weighted by atomic mass is 79.9. The van der Waals surface area contributed by atoms with Crippen molar-refractivity contribution in [1.82, 2.24) is 14.6 Å². The molecule has 2 aromatic rings.